The first-order valence-corrected chi connectivity index (χ1v) is 5.88. The van der Waals surface area contributed by atoms with Crippen molar-refractivity contribution in [3.8, 4) is 0 Å². The molecule has 16 heavy (non-hydrogen) atoms. The van der Waals surface area contributed by atoms with E-state index in [1.165, 1.54) is 5.56 Å². The van der Waals surface area contributed by atoms with Crippen LogP contribution in [-0.2, 0) is 0 Å². The Kier molecular flexibility index (Phi) is 5.28. The van der Waals surface area contributed by atoms with Crippen LogP contribution in [0.25, 0.3) is 0 Å². The Hall–Kier alpha value is -1.07. The van der Waals surface area contributed by atoms with Crippen LogP contribution < -0.4 is 11.1 Å². The lowest BCUT2D eigenvalue weighted by Crippen LogP contribution is -2.24. The normalized spacial score (nSPS) is 13.8. The van der Waals surface area contributed by atoms with Gasteiger partial charge in [0.15, 0.2) is 0 Å². The van der Waals surface area contributed by atoms with E-state index in [4.69, 9.17) is 10.9 Å². The SMILES string of the molecule is C[C@@H](NCC/C(N)=N/O)c1ccc(Br)cc1. The Morgan fingerprint density at radius 3 is 2.69 bits per heavy atom. The van der Waals surface area contributed by atoms with E-state index in [2.05, 4.69) is 45.5 Å². The number of nitrogens with zero attached hydrogens (tertiary/aromatic N) is 1. The van der Waals surface area contributed by atoms with Crippen LogP contribution in [0.1, 0.15) is 24.9 Å². The first kappa shape index (κ1) is 13.0. The number of amidine groups is 1. The molecule has 0 bridgehead atoms. The van der Waals surface area contributed by atoms with Gasteiger partial charge in [-0.15, -0.1) is 0 Å². The fourth-order valence-electron chi connectivity index (χ4n) is 1.34. The van der Waals surface area contributed by atoms with E-state index >= 15 is 0 Å². The highest BCUT2D eigenvalue weighted by Gasteiger charge is 2.04. The Labute approximate surface area is 104 Å². The van der Waals surface area contributed by atoms with Crippen LogP contribution in [0.5, 0.6) is 0 Å². The smallest absolute Gasteiger partial charge is 0.140 e. The van der Waals surface area contributed by atoms with Crippen molar-refractivity contribution in [3.63, 3.8) is 0 Å². The maximum absolute atomic E-state index is 8.38. The molecular weight excluding hydrogens is 270 g/mol. The molecular formula is C11H16BrN3O. The van der Waals surface area contributed by atoms with Crippen LogP contribution in [0.3, 0.4) is 0 Å². The Morgan fingerprint density at radius 2 is 2.12 bits per heavy atom. The Bertz CT molecular complexity index is 351. The van der Waals surface area contributed by atoms with Crippen LogP contribution in [0.4, 0.5) is 0 Å². The molecule has 0 radical (unpaired) electrons. The molecule has 0 aliphatic carbocycles. The zero-order valence-corrected chi connectivity index (χ0v) is 10.7. The molecule has 88 valence electrons. The quantitative estimate of drug-likeness (QED) is 0.336. The maximum atomic E-state index is 8.38. The van der Waals surface area contributed by atoms with Crippen molar-refractivity contribution in [1.82, 2.24) is 5.32 Å². The molecule has 0 fully saturated rings. The van der Waals surface area contributed by atoms with Crippen LogP contribution in [0.15, 0.2) is 33.9 Å². The third-order valence-electron chi connectivity index (χ3n) is 2.33. The predicted octanol–water partition coefficient (Wildman–Crippen LogP) is 2.24. The molecule has 1 rings (SSSR count). The summed E-state index contributed by atoms with van der Waals surface area (Å²) in [7, 11) is 0. The number of oxime groups is 1. The van der Waals surface area contributed by atoms with Gasteiger partial charge in [-0.3, -0.25) is 0 Å². The largest absolute Gasteiger partial charge is 0.409 e. The fourth-order valence-corrected chi connectivity index (χ4v) is 1.60. The minimum absolute atomic E-state index is 0.246. The van der Waals surface area contributed by atoms with Gasteiger partial charge in [-0.2, -0.15) is 0 Å². The molecule has 1 atom stereocenters. The molecule has 0 saturated carbocycles. The molecule has 0 aromatic heterocycles. The maximum Gasteiger partial charge on any atom is 0.140 e. The van der Waals surface area contributed by atoms with Crippen molar-refractivity contribution in [3.05, 3.63) is 34.3 Å². The molecule has 0 unspecified atom stereocenters. The van der Waals surface area contributed by atoms with Gasteiger partial charge in [0.1, 0.15) is 5.84 Å². The first-order chi connectivity index (χ1) is 7.63. The van der Waals surface area contributed by atoms with Gasteiger partial charge in [-0.25, -0.2) is 0 Å². The van der Waals surface area contributed by atoms with E-state index in [1.54, 1.807) is 0 Å². The average molecular weight is 286 g/mol. The van der Waals surface area contributed by atoms with Gasteiger partial charge in [-0.05, 0) is 24.6 Å². The standard InChI is InChI=1S/C11H16BrN3O/c1-8(14-7-6-11(13)15-16)9-2-4-10(12)5-3-9/h2-5,8,14,16H,6-7H2,1H3,(H2,13,15)/t8-/m1/s1. The third kappa shape index (κ3) is 4.20. The van der Waals surface area contributed by atoms with Crippen molar-refractivity contribution < 1.29 is 5.21 Å². The van der Waals surface area contributed by atoms with Crippen LogP contribution >= 0.6 is 15.9 Å². The van der Waals surface area contributed by atoms with Crippen LogP contribution in [0, 0.1) is 0 Å². The highest BCUT2D eigenvalue weighted by Crippen LogP contribution is 2.16. The van der Waals surface area contributed by atoms with Crippen LogP contribution in [-0.4, -0.2) is 17.6 Å². The van der Waals surface area contributed by atoms with Gasteiger partial charge in [0.25, 0.3) is 0 Å². The number of nitrogens with two attached hydrogens (primary N) is 1. The van der Waals surface area contributed by atoms with E-state index in [0.717, 1.165) is 4.47 Å². The second-order valence-corrected chi connectivity index (χ2v) is 4.48. The number of nitrogens with one attached hydrogen (secondary N) is 1. The fraction of sp³-hybridized carbons (Fsp3) is 0.364. The summed E-state index contributed by atoms with van der Waals surface area (Å²) in [6, 6.07) is 8.39. The van der Waals surface area contributed by atoms with Crippen molar-refractivity contribution >= 4 is 21.8 Å². The molecule has 0 aliphatic rings. The molecule has 4 nitrogen and oxygen atoms in total. The molecule has 0 saturated heterocycles. The lowest BCUT2D eigenvalue weighted by Gasteiger charge is -2.13. The zero-order chi connectivity index (χ0) is 12.0. The topological polar surface area (TPSA) is 70.6 Å². The molecule has 1 aromatic carbocycles. The number of benzene rings is 1. The molecule has 0 aliphatic heterocycles. The van der Waals surface area contributed by atoms with Gasteiger partial charge >= 0.3 is 0 Å². The van der Waals surface area contributed by atoms with Crippen molar-refractivity contribution in [2.24, 2.45) is 10.9 Å². The lowest BCUT2D eigenvalue weighted by atomic mass is 10.1. The van der Waals surface area contributed by atoms with E-state index in [1.807, 2.05) is 12.1 Å². The number of hydrogen-bond acceptors (Lipinski definition) is 3. The molecule has 0 heterocycles. The minimum Gasteiger partial charge on any atom is -0.409 e. The molecule has 0 spiro atoms. The van der Waals surface area contributed by atoms with Gasteiger partial charge in [0.2, 0.25) is 0 Å². The summed E-state index contributed by atoms with van der Waals surface area (Å²) >= 11 is 3.40. The Balaban J connectivity index is 2.40. The summed E-state index contributed by atoms with van der Waals surface area (Å²) in [5, 5.41) is 14.6. The summed E-state index contributed by atoms with van der Waals surface area (Å²) in [4.78, 5) is 0. The minimum atomic E-state index is 0.246. The van der Waals surface area contributed by atoms with E-state index in [-0.39, 0.29) is 11.9 Å². The first-order valence-electron chi connectivity index (χ1n) is 5.08. The number of rotatable bonds is 5. The summed E-state index contributed by atoms with van der Waals surface area (Å²) < 4.78 is 1.07. The molecule has 5 heteroatoms. The summed E-state index contributed by atoms with van der Waals surface area (Å²) in [5.74, 6) is 0.246. The van der Waals surface area contributed by atoms with Crippen molar-refractivity contribution in [1.29, 1.82) is 0 Å². The molecule has 1 aromatic rings. The van der Waals surface area contributed by atoms with E-state index in [0.29, 0.717) is 13.0 Å². The summed E-state index contributed by atoms with van der Waals surface area (Å²) in [6.07, 6.45) is 0.539. The number of halogens is 1. The van der Waals surface area contributed by atoms with Gasteiger partial charge in [0.05, 0.1) is 0 Å². The van der Waals surface area contributed by atoms with Crippen molar-refractivity contribution in [2.75, 3.05) is 6.54 Å². The van der Waals surface area contributed by atoms with Gasteiger partial charge < -0.3 is 16.3 Å². The highest BCUT2D eigenvalue weighted by molar-refractivity contribution is 9.10. The third-order valence-corrected chi connectivity index (χ3v) is 2.86. The summed E-state index contributed by atoms with van der Waals surface area (Å²) in [6.45, 7) is 2.77. The zero-order valence-electron chi connectivity index (χ0n) is 9.15. The van der Waals surface area contributed by atoms with E-state index < -0.39 is 0 Å². The Morgan fingerprint density at radius 1 is 1.50 bits per heavy atom. The molecule has 0 amide bonds. The number of hydrogen-bond donors (Lipinski definition) is 3. The van der Waals surface area contributed by atoms with Crippen LogP contribution in [0.2, 0.25) is 0 Å². The second kappa shape index (κ2) is 6.50. The summed E-state index contributed by atoms with van der Waals surface area (Å²) in [5.41, 5.74) is 6.58. The van der Waals surface area contributed by atoms with Gasteiger partial charge in [-0.1, -0.05) is 33.2 Å². The second-order valence-electron chi connectivity index (χ2n) is 3.57. The van der Waals surface area contributed by atoms with E-state index in [9.17, 15) is 0 Å². The average Bonchev–Trinajstić information content (AvgIpc) is 2.29. The molecule has 4 N–H and O–H groups in total. The lowest BCUT2D eigenvalue weighted by molar-refractivity contribution is 0.316. The predicted molar refractivity (Wildman–Crippen MR) is 68.6 cm³/mol. The van der Waals surface area contributed by atoms with Crippen molar-refractivity contribution in [2.45, 2.75) is 19.4 Å². The van der Waals surface area contributed by atoms with Gasteiger partial charge in [0, 0.05) is 23.5 Å². The highest BCUT2D eigenvalue weighted by atomic mass is 79.9. The monoisotopic (exact) mass is 285 g/mol.